The number of nitrogens with zero attached hydrogens (tertiary/aromatic N) is 2. The zero-order valence-corrected chi connectivity index (χ0v) is 18.4. The Morgan fingerprint density at radius 1 is 1.46 bits per heavy atom. The van der Waals surface area contributed by atoms with E-state index in [2.05, 4.69) is 15.2 Å². The molecule has 1 aromatic carbocycles. The fraction of sp³-hybridized carbons (Fsp3) is 0.556. The Morgan fingerprint density at radius 2 is 2.15 bits per heavy atom. The quantitative estimate of drug-likeness (QED) is 0.362. The zero-order valence-electron chi connectivity index (χ0n) is 15.3. The van der Waals surface area contributed by atoms with Gasteiger partial charge in [0, 0.05) is 31.6 Å². The summed E-state index contributed by atoms with van der Waals surface area (Å²) in [5.74, 6) is 1.68. The number of rotatable bonds is 6. The molecule has 26 heavy (non-hydrogen) atoms. The van der Waals surface area contributed by atoms with E-state index in [4.69, 9.17) is 22.1 Å². The Morgan fingerprint density at radius 3 is 2.77 bits per heavy atom. The highest BCUT2D eigenvalue weighted by molar-refractivity contribution is 14.0. The maximum atomic E-state index is 11.2. The van der Waals surface area contributed by atoms with E-state index in [1.54, 1.807) is 7.05 Å². The van der Waals surface area contributed by atoms with Gasteiger partial charge < -0.3 is 20.7 Å². The van der Waals surface area contributed by atoms with Crippen LogP contribution in [0, 0.1) is 5.92 Å². The molecule has 3 N–H and O–H groups in total. The topological polar surface area (TPSA) is 80.0 Å². The maximum Gasteiger partial charge on any atom is 0.217 e. The molecule has 1 heterocycles. The van der Waals surface area contributed by atoms with E-state index in [0.29, 0.717) is 23.9 Å². The van der Waals surface area contributed by atoms with E-state index < -0.39 is 0 Å². The summed E-state index contributed by atoms with van der Waals surface area (Å²) in [5, 5.41) is 4.04. The summed E-state index contributed by atoms with van der Waals surface area (Å²) in [4.78, 5) is 17.7. The van der Waals surface area contributed by atoms with Gasteiger partial charge in [0.25, 0.3) is 0 Å². The first-order valence-electron chi connectivity index (χ1n) is 8.64. The van der Waals surface area contributed by atoms with Crippen molar-refractivity contribution in [3.8, 4) is 5.75 Å². The first kappa shape index (κ1) is 22.8. The number of likely N-dealkylation sites (tertiary alicyclic amines) is 1. The molecule has 1 aromatic rings. The molecule has 1 aliphatic heterocycles. The predicted molar refractivity (Wildman–Crippen MR) is 116 cm³/mol. The Hall–Kier alpha value is -1.22. The second-order valence-corrected chi connectivity index (χ2v) is 6.87. The molecule has 0 bridgehead atoms. The van der Waals surface area contributed by atoms with Gasteiger partial charge in [-0.15, -0.1) is 24.0 Å². The van der Waals surface area contributed by atoms with Gasteiger partial charge in [-0.3, -0.25) is 9.79 Å². The summed E-state index contributed by atoms with van der Waals surface area (Å²) in [6, 6.07) is 7.32. The maximum absolute atomic E-state index is 11.2. The molecule has 2 rings (SSSR count). The average Bonchev–Trinajstić information content (AvgIpc) is 2.57. The summed E-state index contributed by atoms with van der Waals surface area (Å²) in [6.07, 6.45) is 2.48. The van der Waals surface area contributed by atoms with Crippen molar-refractivity contribution in [2.45, 2.75) is 32.3 Å². The number of amides is 1. The lowest BCUT2D eigenvalue weighted by Crippen LogP contribution is -2.49. The number of benzene rings is 1. The van der Waals surface area contributed by atoms with Gasteiger partial charge in [-0.2, -0.15) is 0 Å². The number of hydrogen-bond acceptors (Lipinski definition) is 3. The summed E-state index contributed by atoms with van der Waals surface area (Å²) in [5.41, 5.74) is 5.33. The van der Waals surface area contributed by atoms with Crippen molar-refractivity contribution in [2.24, 2.45) is 16.6 Å². The molecule has 0 aliphatic carbocycles. The van der Waals surface area contributed by atoms with Gasteiger partial charge in [0.2, 0.25) is 5.91 Å². The van der Waals surface area contributed by atoms with Gasteiger partial charge in [0.1, 0.15) is 11.9 Å². The lowest BCUT2D eigenvalue weighted by atomic mass is 9.95. The van der Waals surface area contributed by atoms with Gasteiger partial charge >= 0.3 is 0 Å². The minimum atomic E-state index is -0.236. The molecule has 8 heteroatoms. The van der Waals surface area contributed by atoms with Crippen molar-refractivity contribution in [1.29, 1.82) is 0 Å². The third-order valence-corrected chi connectivity index (χ3v) is 4.47. The van der Waals surface area contributed by atoms with E-state index in [0.717, 1.165) is 37.6 Å². The molecule has 0 spiro atoms. The van der Waals surface area contributed by atoms with Crippen molar-refractivity contribution >= 4 is 47.4 Å². The van der Waals surface area contributed by atoms with E-state index >= 15 is 0 Å². The van der Waals surface area contributed by atoms with Crippen LogP contribution >= 0.6 is 35.6 Å². The number of guanidine groups is 1. The molecule has 1 fully saturated rings. The zero-order chi connectivity index (χ0) is 18.2. The minimum Gasteiger partial charge on any atom is -0.489 e. The van der Waals surface area contributed by atoms with Crippen LogP contribution < -0.4 is 15.8 Å². The van der Waals surface area contributed by atoms with Gasteiger partial charge in [0.15, 0.2) is 5.96 Å². The highest BCUT2D eigenvalue weighted by atomic mass is 127. The van der Waals surface area contributed by atoms with Gasteiger partial charge in [0.05, 0.1) is 6.54 Å². The smallest absolute Gasteiger partial charge is 0.217 e. The number of ether oxygens (including phenoxy) is 1. The largest absolute Gasteiger partial charge is 0.489 e. The molecule has 1 saturated heterocycles. The number of aliphatic imine (C=N–C) groups is 1. The Kier molecular flexibility index (Phi) is 10.1. The Balaban J connectivity index is 0.00000338. The van der Waals surface area contributed by atoms with Crippen molar-refractivity contribution < 1.29 is 9.53 Å². The summed E-state index contributed by atoms with van der Waals surface area (Å²) in [7, 11) is 1.77. The van der Waals surface area contributed by atoms with Gasteiger partial charge in [-0.1, -0.05) is 11.6 Å². The summed E-state index contributed by atoms with van der Waals surface area (Å²) < 4.78 is 5.87. The number of nitrogens with two attached hydrogens (primary N) is 1. The fourth-order valence-corrected chi connectivity index (χ4v) is 3.19. The molecule has 6 nitrogen and oxygen atoms in total. The van der Waals surface area contributed by atoms with E-state index in [9.17, 15) is 4.79 Å². The first-order chi connectivity index (χ1) is 12.0. The lowest BCUT2D eigenvalue weighted by Gasteiger charge is -2.35. The van der Waals surface area contributed by atoms with Crippen molar-refractivity contribution in [1.82, 2.24) is 10.2 Å². The van der Waals surface area contributed by atoms with Gasteiger partial charge in [-0.05, 0) is 49.9 Å². The van der Waals surface area contributed by atoms with Gasteiger partial charge in [-0.25, -0.2) is 0 Å². The number of halogens is 2. The molecule has 146 valence electrons. The summed E-state index contributed by atoms with van der Waals surface area (Å²) in [6.45, 7) is 4.36. The van der Waals surface area contributed by atoms with Crippen LogP contribution in [0.1, 0.15) is 26.2 Å². The molecule has 0 saturated carbocycles. The molecule has 2 unspecified atom stereocenters. The molecular formula is C18H28ClIN4O2. The summed E-state index contributed by atoms with van der Waals surface area (Å²) >= 11 is 5.88. The van der Waals surface area contributed by atoms with Crippen LogP contribution in [0.25, 0.3) is 0 Å². The van der Waals surface area contributed by atoms with E-state index in [-0.39, 0.29) is 36.0 Å². The van der Waals surface area contributed by atoms with Crippen LogP contribution in [-0.4, -0.2) is 49.6 Å². The molecule has 0 aromatic heterocycles. The fourth-order valence-electron chi connectivity index (χ4n) is 3.06. The van der Waals surface area contributed by atoms with Crippen LogP contribution in [0.2, 0.25) is 5.02 Å². The Bertz CT molecular complexity index is 597. The van der Waals surface area contributed by atoms with Crippen LogP contribution in [0.3, 0.4) is 0 Å². The van der Waals surface area contributed by atoms with Crippen LogP contribution in [0.5, 0.6) is 5.75 Å². The van der Waals surface area contributed by atoms with Crippen LogP contribution in [-0.2, 0) is 4.79 Å². The number of nitrogens with one attached hydrogen (secondary N) is 1. The van der Waals surface area contributed by atoms with Crippen LogP contribution in [0.15, 0.2) is 29.3 Å². The highest BCUT2D eigenvalue weighted by Gasteiger charge is 2.23. The standard InChI is InChI=1S/C18H27ClN4O2.HI/c1-13(25-16-7-5-15(19)6-8-16)11-22-18(21-2)23-9-3-4-14(12-23)10-17(20)24;/h5-8,13-14H,3-4,9-12H2,1-2H3,(H2,20,24)(H,21,22);1H. The third kappa shape index (κ3) is 7.57. The number of piperidine rings is 1. The molecular weight excluding hydrogens is 467 g/mol. The highest BCUT2D eigenvalue weighted by Crippen LogP contribution is 2.19. The number of hydrogen-bond donors (Lipinski definition) is 2. The Labute approximate surface area is 177 Å². The van der Waals surface area contributed by atoms with E-state index in [1.165, 1.54) is 0 Å². The second kappa shape index (κ2) is 11.5. The first-order valence-corrected chi connectivity index (χ1v) is 9.02. The SMILES string of the molecule is CN=C(NCC(C)Oc1ccc(Cl)cc1)N1CCCC(CC(N)=O)C1.I. The van der Waals surface area contributed by atoms with Crippen molar-refractivity contribution in [2.75, 3.05) is 26.7 Å². The van der Waals surface area contributed by atoms with Crippen molar-refractivity contribution in [3.63, 3.8) is 0 Å². The number of carbonyl (C=O) groups excluding carboxylic acids is 1. The third-order valence-electron chi connectivity index (χ3n) is 4.22. The molecule has 0 radical (unpaired) electrons. The number of carbonyl (C=O) groups is 1. The predicted octanol–water partition coefficient (Wildman–Crippen LogP) is 2.89. The normalized spacial score (nSPS) is 18.7. The van der Waals surface area contributed by atoms with E-state index in [1.807, 2.05) is 31.2 Å². The average molecular weight is 495 g/mol. The lowest BCUT2D eigenvalue weighted by molar-refractivity contribution is -0.119. The molecule has 1 amide bonds. The molecule has 2 atom stereocenters. The molecule has 1 aliphatic rings. The van der Waals surface area contributed by atoms with Crippen LogP contribution in [0.4, 0.5) is 0 Å². The monoisotopic (exact) mass is 494 g/mol. The van der Waals surface area contributed by atoms with Crippen molar-refractivity contribution in [3.05, 3.63) is 29.3 Å². The number of primary amides is 1. The minimum absolute atomic E-state index is 0. The second-order valence-electron chi connectivity index (χ2n) is 6.44.